The van der Waals surface area contributed by atoms with Crippen molar-refractivity contribution >= 4 is 5.91 Å². The van der Waals surface area contributed by atoms with E-state index in [4.69, 9.17) is 0 Å². The first-order valence-electron chi connectivity index (χ1n) is 10.4. The van der Waals surface area contributed by atoms with Gasteiger partial charge in [0.15, 0.2) is 0 Å². The lowest BCUT2D eigenvalue weighted by atomic mass is 10.1. The van der Waals surface area contributed by atoms with Gasteiger partial charge < -0.3 is 9.47 Å². The van der Waals surface area contributed by atoms with Crippen molar-refractivity contribution < 1.29 is 22.4 Å². The molecular weight excluding hydrogens is 448 g/mol. The zero-order chi connectivity index (χ0) is 24.1. The number of hydrogen-bond acceptors (Lipinski definition) is 3. The van der Waals surface area contributed by atoms with E-state index in [-0.39, 0.29) is 25.2 Å². The molecular formula is C25H20F4N4O. The molecule has 0 unspecified atom stereocenters. The lowest BCUT2D eigenvalue weighted by Crippen LogP contribution is -2.32. The minimum atomic E-state index is -4.44. The smallest absolute Gasteiger partial charge is 0.329 e. The Labute approximate surface area is 193 Å². The molecule has 2 aromatic carbocycles. The molecule has 0 spiro atoms. The van der Waals surface area contributed by atoms with Crippen LogP contribution in [0.2, 0.25) is 0 Å². The highest BCUT2D eigenvalue weighted by Gasteiger charge is 2.30. The van der Waals surface area contributed by atoms with Crippen LogP contribution in [0, 0.1) is 5.82 Å². The van der Waals surface area contributed by atoms with Gasteiger partial charge in [0, 0.05) is 37.9 Å². The van der Waals surface area contributed by atoms with Gasteiger partial charge in [-0.15, -0.1) is 0 Å². The fourth-order valence-corrected chi connectivity index (χ4v) is 3.57. The van der Waals surface area contributed by atoms with Gasteiger partial charge in [0.05, 0.1) is 17.7 Å². The predicted octanol–water partition coefficient (Wildman–Crippen LogP) is 5.33. The number of benzene rings is 2. The maximum Gasteiger partial charge on any atom is 0.416 e. The molecule has 5 nitrogen and oxygen atoms in total. The van der Waals surface area contributed by atoms with E-state index in [0.717, 1.165) is 17.7 Å². The molecule has 0 bridgehead atoms. The van der Waals surface area contributed by atoms with E-state index < -0.39 is 23.5 Å². The lowest BCUT2D eigenvalue weighted by Gasteiger charge is -2.23. The molecule has 2 aromatic heterocycles. The summed E-state index contributed by atoms with van der Waals surface area (Å²) in [6, 6.07) is 14.3. The zero-order valence-electron chi connectivity index (χ0n) is 17.9. The molecule has 0 atom stereocenters. The number of nitrogens with zero attached hydrogens (tertiary/aromatic N) is 4. The van der Waals surface area contributed by atoms with E-state index in [0.29, 0.717) is 11.4 Å². The highest BCUT2D eigenvalue weighted by atomic mass is 19.4. The topological polar surface area (TPSA) is 51.0 Å². The molecule has 34 heavy (non-hydrogen) atoms. The number of carbonyl (C=O) groups excluding carboxylic acids is 1. The summed E-state index contributed by atoms with van der Waals surface area (Å²) in [5.41, 5.74) is 0.360. The highest BCUT2D eigenvalue weighted by Crippen LogP contribution is 2.29. The zero-order valence-corrected chi connectivity index (χ0v) is 17.9. The molecule has 174 valence electrons. The summed E-state index contributed by atoms with van der Waals surface area (Å²) in [5, 5.41) is 0. The third-order valence-corrected chi connectivity index (χ3v) is 5.23. The summed E-state index contributed by atoms with van der Waals surface area (Å²) in [6.45, 7) is 0.305. The first-order valence-corrected chi connectivity index (χ1v) is 10.4. The first-order chi connectivity index (χ1) is 16.3. The number of carbonyl (C=O) groups is 1. The molecule has 0 saturated heterocycles. The summed E-state index contributed by atoms with van der Waals surface area (Å²) in [6.07, 6.45) is 1.91. The monoisotopic (exact) mass is 468 g/mol. The second kappa shape index (κ2) is 9.86. The second-order valence-corrected chi connectivity index (χ2v) is 7.67. The van der Waals surface area contributed by atoms with E-state index in [2.05, 4.69) is 9.97 Å². The SMILES string of the molecule is O=C(c1ccccc1F)N(Cc1cccnc1)Cc1nccn1Cc1cccc(C(F)(F)F)c1. The number of pyridine rings is 1. The Hall–Kier alpha value is -4.01. The van der Waals surface area contributed by atoms with Crippen molar-refractivity contribution in [2.45, 2.75) is 25.8 Å². The fourth-order valence-electron chi connectivity index (χ4n) is 3.57. The average Bonchev–Trinajstić information content (AvgIpc) is 3.25. The Morgan fingerprint density at radius 2 is 1.74 bits per heavy atom. The van der Waals surface area contributed by atoms with Crippen molar-refractivity contribution in [3.05, 3.63) is 119 Å². The van der Waals surface area contributed by atoms with Crippen molar-refractivity contribution in [1.29, 1.82) is 0 Å². The van der Waals surface area contributed by atoms with Crippen molar-refractivity contribution in [3.8, 4) is 0 Å². The van der Waals surface area contributed by atoms with Crippen LogP contribution in [0.4, 0.5) is 17.6 Å². The molecule has 2 heterocycles. The van der Waals surface area contributed by atoms with Crippen molar-refractivity contribution in [2.75, 3.05) is 0 Å². The predicted molar refractivity (Wildman–Crippen MR) is 117 cm³/mol. The molecule has 0 saturated carbocycles. The van der Waals surface area contributed by atoms with Crippen molar-refractivity contribution in [1.82, 2.24) is 19.4 Å². The molecule has 0 radical (unpaired) electrons. The maximum atomic E-state index is 14.3. The Morgan fingerprint density at radius 1 is 0.941 bits per heavy atom. The van der Waals surface area contributed by atoms with Gasteiger partial charge in [-0.2, -0.15) is 13.2 Å². The van der Waals surface area contributed by atoms with Gasteiger partial charge in [-0.3, -0.25) is 9.78 Å². The highest BCUT2D eigenvalue weighted by molar-refractivity contribution is 5.94. The molecule has 0 aliphatic carbocycles. The van der Waals surface area contributed by atoms with Crippen LogP contribution < -0.4 is 0 Å². The van der Waals surface area contributed by atoms with Crippen molar-refractivity contribution in [3.63, 3.8) is 0 Å². The number of hydrogen-bond donors (Lipinski definition) is 0. The molecule has 1 amide bonds. The van der Waals surface area contributed by atoms with Crippen LogP contribution in [0.1, 0.15) is 32.9 Å². The van der Waals surface area contributed by atoms with Crippen LogP contribution in [-0.2, 0) is 25.8 Å². The normalized spacial score (nSPS) is 11.4. The van der Waals surface area contributed by atoms with Gasteiger partial charge in [-0.25, -0.2) is 9.37 Å². The molecule has 0 N–H and O–H groups in total. The lowest BCUT2D eigenvalue weighted by molar-refractivity contribution is -0.137. The Morgan fingerprint density at radius 3 is 2.47 bits per heavy atom. The minimum absolute atomic E-state index is 0.0218. The molecule has 0 aliphatic rings. The molecule has 9 heteroatoms. The standard InChI is InChI=1S/C25H20F4N4O/c26-22-9-2-1-8-21(22)24(34)33(16-19-6-4-10-30-14-19)17-23-31-11-12-32(23)15-18-5-3-7-20(13-18)25(27,28)29/h1-14H,15-17H2. The summed E-state index contributed by atoms with van der Waals surface area (Å²) < 4.78 is 55.3. The van der Waals surface area contributed by atoms with Gasteiger partial charge in [-0.1, -0.05) is 30.3 Å². The largest absolute Gasteiger partial charge is 0.416 e. The van der Waals surface area contributed by atoms with Gasteiger partial charge >= 0.3 is 6.18 Å². The molecule has 0 fully saturated rings. The number of halogens is 4. The molecule has 4 aromatic rings. The first kappa shape index (κ1) is 23.2. The third-order valence-electron chi connectivity index (χ3n) is 5.23. The minimum Gasteiger partial charge on any atom is -0.329 e. The van der Waals surface area contributed by atoms with Crippen LogP contribution in [0.5, 0.6) is 0 Å². The maximum absolute atomic E-state index is 14.3. The second-order valence-electron chi connectivity index (χ2n) is 7.67. The fraction of sp³-hybridized carbons (Fsp3) is 0.160. The van der Waals surface area contributed by atoms with E-state index >= 15 is 0 Å². The third kappa shape index (κ3) is 5.48. The number of rotatable bonds is 7. The Bertz CT molecular complexity index is 1270. The van der Waals surface area contributed by atoms with Crippen molar-refractivity contribution in [2.24, 2.45) is 0 Å². The van der Waals surface area contributed by atoms with Crippen LogP contribution >= 0.6 is 0 Å². The van der Waals surface area contributed by atoms with Gasteiger partial charge in [0.25, 0.3) is 5.91 Å². The number of imidazole rings is 1. The van der Waals surface area contributed by atoms with Crippen LogP contribution in [0.15, 0.2) is 85.5 Å². The Balaban J connectivity index is 1.61. The van der Waals surface area contributed by atoms with E-state index in [1.54, 1.807) is 47.4 Å². The summed E-state index contributed by atoms with van der Waals surface area (Å²) in [5.74, 6) is -0.724. The van der Waals surface area contributed by atoms with Gasteiger partial charge in [0.1, 0.15) is 11.6 Å². The number of amides is 1. The summed E-state index contributed by atoms with van der Waals surface area (Å²) in [7, 11) is 0. The molecule has 0 aliphatic heterocycles. The summed E-state index contributed by atoms with van der Waals surface area (Å²) in [4.78, 5) is 23.0. The quantitative estimate of drug-likeness (QED) is 0.345. The van der Waals surface area contributed by atoms with Gasteiger partial charge in [-0.05, 0) is 41.5 Å². The van der Waals surface area contributed by atoms with E-state index in [1.807, 2.05) is 0 Å². The van der Waals surface area contributed by atoms with Crippen LogP contribution in [-0.4, -0.2) is 25.3 Å². The Kier molecular flexibility index (Phi) is 6.72. The van der Waals surface area contributed by atoms with Crippen LogP contribution in [0.3, 0.4) is 0 Å². The van der Waals surface area contributed by atoms with E-state index in [9.17, 15) is 22.4 Å². The van der Waals surface area contributed by atoms with Crippen LogP contribution in [0.25, 0.3) is 0 Å². The average molecular weight is 468 g/mol. The number of aromatic nitrogens is 3. The van der Waals surface area contributed by atoms with Gasteiger partial charge in [0.2, 0.25) is 0 Å². The number of alkyl halides is 3. The summed E-state index contributed by atoms with van der Waals surface area (Å²) >= 11 is 0. The molecule has 4 rings (SSSR count). The van der Waals surface area contributed by atoms with E-state index in [1.165, 1.54) is 35.4 Å².